The zero-order chi connectivity index (χ0) is 17.8. The molecule has 124 valence electrons. The number of benzene rings is 2. The standard InChI is InChI=1S/C19H12Cl2N2OS/c1-24-18-7-6-15(21)9-16(18)17-11-25-19(23-17)13(10-22)8-12-2-4-14(20)5-3-12/h2-9,11H,1H3/b13-8+. The zero-order valence-electron chi connectivity index (χ0n) is 13.2. The highest BCUT2D eigenvalue weighted by molar-refractivity contribution is 7.11. The van der Waals surface area contributed by atoms with E-state index in [1.54, 1.807) is 43.5 Å². The number of ether oxygens (including phenoxy) is 1. The Morgan fingerprint density at radius 3 is 2.56 bits per heavy atom. The molecule has 0 saturated carbocycles. The zero-order valence-corrected chi connectivity index (χ0v) is 15.5. The highest BCUT2D eigenvalue weighted by Gasteiger charge is 2.13. The molecule has 25 heavy (non-hydrogen) atoms. The number of halogens is 2. The van der Waals surface area contributed by atoms with Crippen molar-refractivity contribution in [2.24, 2.45) is 0 Å². The van der Waals surface area contributed by atoms with E-state index < -0.39 is 0 Å². The SMILES string of the molecule is COc1ccc(Cl)cc1-c1csc(/C(C#N)=C/c2ccc(Cl)cc2)n1. The summed E-state index contributed by atoms with van der Waals surface area (Å²) in [5, 5.41) is 13.3. The number of rotatable bonds is 4. The Bertz CT molecular complexity index is 972. The minimum Gasteiger partial charge on any atom is -0.496 e. The van der Waals surface area contributed by atoms with E-state index in [0.717, 1.165) is 16.8 Å². The summed E-state index contributed by atoms with van der Waals surface area (Å²) in [6.45, 7) is 0. The van der Waals surface area contributed by atoms with Gasteiger partial charge in [0.25, 0.3) is 0 Å². The number of methoxy groups -OCH3 is 1. The van der Waals surface area contributed by atoms with Gasteiger partial charge < -0.3 is 4.74 Å². The van der Waals surface area contributed by atoms with Crippen molar-refractivity contribution in [3.05, 3.63) is 68.5 Å². The molecule has 0 bridgehead atoms. The molecule has 1 heterocycles. The Kier molecular flexibility index (Phi) is 5.40. The summed E-state index contributed by atoms with van der Waals surface area (Å²) in [6.07, 6.45) is 1.79. The van der Waals surface area contributed by atoms with Crippen LogP contribution in [-0.2, 0) is 0 Å². The molecule has 0 saturated heterocycles. The van der Waals surface area contributed by atoms with E-state index in [4.69, 9.17) is 27.9 Å². The molecular formula is C19H12Cl2N2OS. The second-order valence-electron chi connectivity index (χ2n) is 5.10. The minimum atomic E-state index is 0.486. The molecule has 0 aliphatic rings. The maximum Gasteiger partial charge on any atom is 0.134 e. The molecule has 0 unspecified atom stereocenters. The Morgan fingerprint density at radius 2 is 1.88 bits per heavy atom. The number of aromatic nitrogens is 1. The molecule has 1 aromatic heterocycles. The molecule has 3 aromatic rings. The Balaban J connectivity index is 1.99. The van der Waals surface area contributed by atoms with Crippen molar-refractivity contribution in [3.8, 4) is 23.1 Å². The number of nitriles is 1. The van der Waals surface area contributed by atoms with Crippen LogP contribution in [0.25, 0.3) is 22.9 Å². The molecule has 3 nitrogen and oxygen atoms in total. The molecule has 2 aromatic carbocycles. The monoisotopic (exact) mass is 386 g/mol. The molecular weight excluding hydrogens is 375 g/mol. The maximum absolute atomic E-state index is 9.50. The van der Waals surface area contributed by atoms with E-state index in [1.165, 1.54) is 11.3 Å². The van der Waals surface area contributed by atoms with Gasteiger partial charge in [0.2, 0.25) is 0 Å². The summed E-state index contributed by atoms with van der Waals surface area (Å²) < 4.78 is 5.37. The van der Waals surface area contributed by atoms with Crippen LogP contribution in [-0.4, -0.2) is 12.1 Å². The highest BCUT2D eigenvalue weighted by atomic mass is 35.5. The van der Waals surface area contributed by atoms with Crippen molar-refractivity contribution < 1.29 is 4.74 Å². The summed E-state index contributed by atoms with van der Waals surface area (Å²) in [4.78, 5) is 4.58. The van der Waals surface area contributed by atoms with Gasteiger partial charge in [0.05, 0.1) is 18.4 Å². The number of thiazole rings is 1. The number of allylic oxidation sites excluding steroid dienone is 1. The predicted octanol–water partition coefficient (Wildman–Crippen LogP) is 6.19. The number of hydrogen-bond acceptors (Lipinski definition) is 4. The van der Waals surface area contributed by atoms with Crippen LogP contribution in [0.15, 0.2) is 47.8 Å². The Labute approximate surface area is 159 Å². The second kappa shape index (κ2) is 7.71. The fourth-order valence-electron chi connectivity index (χ4n) is 2.27. The largest absolute Gasteiger partial charge is 0.496 e. The average molecular weight is 387 g/mol. The van der Waals surface area contributed by atoms with Crippen molar-refractivity contribution in [2.45, 2.75) is 0 Å². The smallest absolute Gasteiger partial charge is 0.134 e. The quantitative estimate of drug-likeness (QED) is 0.502. The van der Waals surface area contributed by atoms with Gasteiger partial charge in [0.1, 0.15) is 16.8 Å². The Hall–Kier alpha value is -2.32. The minimum absolute atomic E-state index is 0.486. The van der Waals surface area contributed by atoms with Gasteiger partial charge in [-0.3, -0.25) is 0 Å². The summed E-state index contributed by atoms with van der Waals surface area (Å²) in [5.74, 6) is 0.682. The lowest BCUT2D eigenvalue weighted by Crippen LogP contribution is -1.89. The molecule has 0 amide bonds. The van der Waals surface area contributed by atoms with Gasteiger partial charge in [0.15, 0.2) is 0 Å². The number of nitrogens with zero attached hydrogens (tertiary/aromatic N) is 2. The van der Waals surface area contributed by atoms with Gasteiger partial charge in [-0.15, -0.1) is 11.3 Å². The first kappa shape index (κ1) is 17.5. The van der Waals surface area contributed by atoms with E-state index in [1.807, 2.05) is 17.5 Å². The third-order valence-corrected chi connectivity index (χ3v) is 4.84. The number of hydrogen-bond donors (Lipinski definition) is 0. The summed E-state index contributed by atoms with van der Waals surface area (Å²) >= 11 is 13.4. The van der Waals surface area contributed by atoms with Crippen molar-refractivity contribution >= 4 is 46.2 Å². The third kappa shape index (κ3) is 4.02. The molecule has 0 spiro atoms. The first-order valence-corrected chi connectivity index (χ1v) is 8.91. The lowest BCUT2D eigenvalue weighted by molar-refractivity contribution is 0.416. The van der Waals surface area contributed by atoms with Crippen LogP contribution < -0.4 is 4.74 Å². The fraction of sp³-hybridized carbons (Fsp3) is 0.0526. The van der Waals surface area contributed by atoms with E-state index in [-0.39, 0.29) is 0 Å². The molecule has 3 rings (SSSR count). The predicted molar refractivity (Wildman–Crippen MR) is 104 cm³/mol. The van der Waals surface area contributed by atoms with E-state index in [0.29, 0.717) is 26.4 Å². The van der Waals surface area contributed by atoms with Gasteiger partial charge in [-0.05, 0) is 42.0 Å². The van der Waals surface area contributed by atoms with E-state index >= 15 is 0 Å². The van der Waals surface area contributed by atoms with Gasteiger partial charge in [-0.2, -0.15) is 5.26 Å². The van der Waals surface area contributed by atoms with E-state index in [2.05, 4.69) is 11.1 Å². The molecule has 6 heteroatoms. The van der Waals surface area contributed by atoms with Gasteiger partial charge in [0, 0.05) is 21.0 Å². The lowest BCUT2D eigenvalue weighted by Gasteiger charge is -2.06. The summed E-state index contributed by atoms with van der Waals surface area (Å²) in [5.41, 5.74) is 2.88. The maximum atomic E-state index is 9.50. The van der Waals surface area contributed by atoms with Crippen molar-refractivity contribution in [2.75, 3.05) is 7.11 Å². The van der Waals surface area contributed by atoms with Gasteiger partial charge in [-0.25, -0.2) is 4.98 Å². The fourth-order valence-corrected chi connectivity index (χ4v) is 3.35. The second-order valence-corrected chi connectivity index (χ2v) is 6.83. The Morgan fingerprint density at radius 1 is 1.16 bits per heavy atom. The van der Waals surface area contributed by atoms with Gasteiger partial charge in [-0.1, -0.05) is 35.3 Å². The van der Waals surface area contributed by atoms with E-state index in [9.17, 15) is 5.26 Å². The highest BCUT2D eigenvalue weighted by Crippen LogP contribution is 2.34. The van der Waals surface area contributed by atoms with Crippen LogP contribution in [0.3, 0.4) is 0 Å². The van der Waals surface area contributed by atoms with Crippen molar-refractivity contribution in [1.82, 2.24) is 4.98 Å². The summed E-state index contributed by atoms with van der Waals surface area (Å²) in [6, 6.07) is 14.8. The molecule has 0 fully saturated rings. The first-order valence-electron chi connectivity index (χ1n) is 7.28. The molecule has 0 aliphatic carbocycles. The van der Waals surface area contributed by atoms with Crippen molar-refractivity contribution in [3.63, 3.8) is 0 Å². The third-order valence-electron chi connectivity index (χ3n) is 3.47. The average Bonchev–Trinajstić information content (AvgIpc) is 3.11. The molecule has 0 N–H and O–H groups in total. The summed E-state index contributed by atoms with van der Waals surface area (Å²) in [7, 11) is 1.60. The van der Waals surface area contributed by atoms with Crippen LogP contribution in [0.2, 0.25) is 10.0 Å². The topological polar surface area (TPSA) is 45.9 Å². The van der Waals surface area contributed by atoms with Crippen LogP contribution in [0.1, 0.15) is 10.6 Å². The van der Waals surface area contributed by atoms with Crippen molar-refractivity contribution in [1.29, 1.82) is 5.26 Å². The molecule has 0 aliphatic heterocycles. The normalized spacial score (nSPS) is 11.2. The van der Waals surface area contributed by atoms with Crippen LogP contribution in [0, 0.1) is 11.3 Å². The molecule has 0 radical (unpaired) electrons. The first-order chi connectivity index (χ1) is 12.1. The van der Waals surface area contributed by atoms with Crippen LogP contribution in [0.4, 0.5) is 0 Å². The molecule has 0 atom stereocenters. The lowest BCUT2D eigenvalue weighted by atomic mass is 10.1. The van der Waals surface area contributed by atoms with Crippen LogP contribution >= 0.6 is 34.5 Å². The van der Waals surface area contributed by atoms with Gasteiger partial charge >= 0.3 is 0 Å². The van der Waals surface area contributed by atoms with Crippen LogP contribution in [0.5, 0.6) is 5.75 Å².